The average molecular weight is 460 g/mol. The zero-order valence-corrected chi connectivity index (χ0v) is 20.4. The minimum absolute atomic E-state index is 0.0189. The van der Waals surface area contributed by atoms with Crippen molar-refractivity contribution in [3.8, 4) is 5.75 Å². The number of ether oxygens (including phenoxy) is 1. The summed E-state index contributed by atoms with van der Waals surface area (Å²) in [5.74, 6) is 0.720. The fourth-order valence-corrected chi connectivity index (χ4v) is 4.46. The van der Waals surface area contributed by atoms with Crippen LogP contribution in [0.4, 0.5) is 5.69 Å². The summed E-state index contributed by atoms with van der Waals surface area (Å²) < 4.78 is 5.30. The van der Waals surface area contributed by atoms with Gasteiger partial charge in [0.1, 0.15) is 5.75 Å². The van der Waals surface area contributed by atoms with E-state index in [0.29, 0.717) is 32.7 Å². The van der Waals surface area contributed by atoms with Crippen molar-refractivity contribution in [2.45, 2.75) is 26.7 Å². The molecule has 0 aliphatic carbocycles. The fraction of sp³-hybridized carbons (Fsp3) is 0.357. The number of aryl methyl sites for hydroxylation is 1. The lowest BCUT2D eigenvalue weighted by Gasteiger charge is -2.35. The van der Waals surface area contributed by atoms with Crippen LogP contribution in [0.5, 0.6) is 5.75 Å². The number of amides is 2. The zero-order valence-electron chi connectivity index (χ0n) is 20.4. The summed E-state index contributed by atoms with van der Waals surface area (Å²) in [6.45, 7) is 9.00. The Labute approximate surface area is 201 Å². The van der Waals surface area contributed by atoms with Crippen molar-refractivity contribution >= 4 is 28.3 Å². The van der Waals surface area contributed by atoms with E-state index in [1.54, 1.807) is 7.11 Å². The number of carbonyl (C=O) groups is 2. The first kappa shape index (κ1) is 23.8. The van der Waals surface area contributed by atoms with Gasteiger partial charge in [-0.1, -0.05) is 36.4 Å². The maximum absolute atomic E-state index is 13.2. The first-order chi connectivity index (χ1) is 16.4. The highest BCUT2D eigenvalue weighted by atomic mass is 16.5. The molecule has 1 aliphatic heterocycles. The fourth-order valence-electron chi connectivity index (χ4n) is 4.46. The molecule has 1 saturated heterocycles. The molecule has 0 spiro atoms. The Kier molecular flexibility index (Phi) is 7.17. The van der Waals surface area contributed by atoms with Crippen molar-refractivity contribution in [2.75, 3.05) is 45.2 Å². The van der Waals surface area contributed by atoms with Crippen LogP contribution >= 0.6 is 0 Å². The van der Waals surface area contributed by atoms with E-state index in [0.717, 1.165) is 38.9 Å². The van der Waals surface area contributed by atoms with Crippen LogP contribution in [0.1, 0.15) is 29.5 Å². The number of nitrogens with zero attached hydrogens (tertiary/aromatic N) is 2. The predicted molar refractivity (Wildman–Crippen MR) is 136 cm³/mol. The number of hydrogen-bond donors (Lipinski definition) is 1. The van der Waals surface area contributed by atoms with E-state index in [9.17, 15) is 9.59 Å². The molecule has 1 atom stereocenters. The van der Waals surface area contributed by atoms with Crippen LogP contribution in [-0.2, 0) is 9.59 Å². The predicted octanol–water partition coefficient (Wildman–Crippen LogP) is 4.35. The first-order valence-electron chi connectivity index (χ1n) is 11.8. The molecule has 0 radical (unpaired) electrons. The van der Waals surface area contributed by atoms with Gasteiger partial charge in [0, 0.05) is 31.9 Å². The Morgan fingerprint density at radius 1 is 0.971 bits per heavy atom. The number of rotatable bonds is 6. The van der Waals surface area contributed by atoms with E-state index in [2.05, 4.69) is 16.3 Å². The van der Waals surface area contributed by atoms with E-state index >= 15 is 0 Å². The number of fused-ring (bicyclic) bond motifs is 1. The maximum Gasteiger partial charge on any atom is 0.238 e. The molecule has 4 rings (SSSR count). The van der Waals surface area contributed by atoms with Gasteiger partial charge in [0.15, 0.2) is 0 Å². The standard InChI is InChI=1S/C28H33N3O3/c1-19-6-5-7-26(20(19)2)29-27(32)18-30-12-14-31(15-13-30)28(33)21(3)22-8-9-24-17-25(34-4)11-10-23(24)16-22/h5-11,16-17,21H,12-15,18H2,1-4H3,(H,29,32)/t21-/m1/s1. The normalized spacial score (nSPS) is 15.2. The first-order valence-corrected chi connectivity index (χ1v) is 11.8. The molecule has 178 valence electrons. The summed E-state index contributed by atoms with van der Waals surface area (Å²) in [6.07, 6.45) is 0. The van der Waals surface area contributed by atoms with Crippen LogP contribution < -0.4 is 10.1 Å². The lowest BCUT2D eigenvalue weighted by molar-refractivity contribution is -0.134. The van der Waals surface area contributed by atoms with Gasteiger partial charge in [-0.2, -0.15) is 0 Å². The highest BCUT2D eigenvalue weighted by Gasteiger charge is 2.26. The average Bonchev–Trinajstić information content (AvgIpc) is 2.85. The molecule has 6 nitrogen and oxygen atoms in total. The van der Waals surface area contributed by atoms with E-state index in [1.807, 2.05) is 74.2 Å². The third-order valence-electron chi connectivity index (χ3n) is 6.87. The van der Waals surface area contributed by atoms with E-state index < -0.39 is 0 Å². The van der Waals surface area contributed by atoms with Crippen LogP contribution in [0.2, 0.25) is 0 Å². The molecule has 3 aromatic rings. The van der Waals surface area contributed by atoms with Gasteiger partial charge in [0.25, 0.3) is 0 Å². The van der Waals surface area contributed by atoms with Crippen molar-refractivity contribution in [1.29, 1.82) is 0 Å². The van der Waals surface area contributed by atoms with Crippen LogP contribution in [-0.4, -0.2) is 61.4 Å². The molecule has 1 fully saturated rings. The molecule has 1 heterocycles. The number of hydrogen-bond acceptors (Lipinski definition) is 4. The monoisotopic (exact) mass is 459 g/mol. The van der Waals surface area contributed by atoms with Crippen molar-refractivity contribution in [1.82, 2.24) is 9.80 Å². The van der Waals surface area contributed by atoms with Gasteiger partial charge in [-0.05, 0) is 66.4 Å². The molecule has 0 bridgehead atoms. The van der Waals surface area contributed by atoms with Gasteiger partial charge < -0.3 is 15.0 Å². The third-order valence-corrected chi connectivity index (χ3v) is 6.87. The molecule has 34 heavy (non-hydrogen) atoms. The van der Waals surface area contributed by atoms with Gasteiger partial charge in [0.2, 0.25) is 11.8 Å². The number of carbonyl (C=O) groups excluding carboxylic acids is 2. The second-order valence-electron chi connectivity index (χ2n) is 9.09. The minimum Gasteiger partial charge on any atom is -0.497 e. The molecule has 0 unspecified atom stereocenters. The van der Waals surface area contributed by atoms with E-state index in [1.165, 1.54) is 0 Å². The molecule has 1 aliphatic rings. The molecule has 6 heteroatoms. The molecular formula is C28H33N3O3. The Bertz CT molecular complexity index is 1200. The highest BCUT2D eigenvalue weighted by Crippen LogP contribution is 2.26. The number of anilines is 1. The van der Waals surface area contributed by atoms with E-state index in [4.69, 9.17) is 4.74 Å². The quantitative estimate of drug-likeness (QED) is 0.595. The van der Waals surface area contributed by atoms with Crippen LogP contribution in [0.25, 0.3) is 10.8 Å². The molecule has 2 amide bonds. The summed E-state index contributed by atoms with van der Waals surface area (Å²) in [5, 5.41) is 5.21. The molecule has 0 saturated carbocycles. The summed E-state index contributed by atoms with van der Waals surface area (Å²) in [6, 6.07) is 18.0. The molecule has 1 N–H and O–H groups in total. The van der Waals surface area contributed by atoms with Crippen molar-refractivity contribution in [3.05, 3.63) is 71.3 Å². The smallest absolute Gasteiger partial charge is 0.238 e. The second kappa shape index (κ2) is 10.3. The Hall–Kier alpha value is -3.38. The van der Waals surface area contributed by atoms with Gasteiger partial charge in [-0.25, -0.2) is 0 Å². The SMILES string of the molecule is COc1ccc2cc([C@@H](C)C(=O)N3CCN(CC(=O)Nc4cccc(C)c4C)CC3)ccc2c1. The van der Waals surface area contributed by atoms with Gasteiger partial charge in [-0.15, -0.1) is 0 Å². The minimum atomic E-state index is -0.217. The van der Waals surface area contributed by atoms with Crippen molar-refractivity contribution in [2.24, 2.45) is 0 Å². The Balaban J connectivity index is 1.32. The summed E-state index contributed by atoms with van der Waals surface area (Å²) in [4.78, 5) is 29.8. The van der Waals surface area contributed by atoms with E-state index in [-0.39, 0.29) is 17.7 Å². The number of nitrogens with one attached hydrogen (secondary N) is 1. The number of piperazine rings is 1. The molecule has 3 aromatic carbocycles. The Morgan fingerprint density at radius 3 is 2.41 bits per heavy atom. The lowest BCUT2D eigenvalue weighted by Crippen LogP contribution is -2.51. The number of methoxy groups -OCH3 is 1. The summed E-state index contributed by atoms with van der Waals surface area (Å²) >= 11 is 0. The van der Waals surface area contributed by atoms with Crippen LogP contribution in [0.15, 0.2) is 54.6 Å². The lowest BCUT2D eigenvalue weighted by atomic mass is 9.96. The van der Waals surface area contributed by atoms with Gasteiger partial charge in [-0.3, -0.25) is 14.5 Å². The zero-order chi connectivity index (χ0) is 24.2. The van der Waals surface area contributed by atoms with Crippen molar-refractivity contribution in [3.63, 3.8) is 0 Å². The van der Waals surface area contributed by atoms with Crippen LogP contribution in [0, 0.1) is 13.8 Å². The molecular weight excluding hydrogens is 426 g/mol. The summed E-state index contributed by atoms with van der Waals surface area (Å²) in [5.41, 5.74) is 4.12. The summed E-state index contributed by atoms with van der Waals surface area (Å²) in [7, 11) is 1.66. The second-order valence-corrected chi connectivity index (χ2v) is 9.09. The molecule has 0 aromatic heterocycles. The topological polar surface area (TPSA) is 61.9 Å². The van der Waals surface area contributed by atoms with Crippen LogP contribution in [0.3, 0.4) is 0 Å². The third kappa shape index (κ3) is 5.23. The van der Waals surface area contributed by atoms with Gasteiger partial charge in [0.05, 0.1) is 19.6 Å². The maximum atomic E-state index is 13.2. The Morgan fingerprint density at radius 2 is 1.68 bits per heavy atom. The largest absolute Gasteiger partial charge is 0.497 e. The van der Waals surface area contributed by atoms with Crippen molar-refractivity contribution < 1.29 is 14.3 Å². The highest BCUT2D eigenvalue weighted by molar-refractivity contribution is 5.93. The van der Waals surface area contributed by atoms with Gasteiger partial charge >= 0.3 is 0 Å². The number of benzene rings is 3.